The fraction of sp³-hybridized carbons (Fsp3) is 1.00. The fourth-order valence-corrected chi connectivity index (χ4v) is 1.81. The highest BCUT2D eigenvalue weighted by molar-refractivity contribution is 4.71. The van der Waals surface area contributed by atoms with Gasteiger partial charge in [0.15, 0.2) is 0 Å². The van der Waals surface area contributed by atoms with Gasteiger partial charge in [0.25, 0.3) is 0 Å². The minimum absolute atomic E-state index is 0.718. The molecule has 1 nitrogen and oxygen atoms in total. The molecule has 1 rings (SSSR count). The summed E-state index contributed by atoms with van der Waals surface area (Å²) in [5.74, 6) is 1.00. The lowest BCUT2D eigenvalue weighted by Gasteiger charge is -2.24. The summed E-state index contributed by atoms with van der Waals surface area (Å²) in [5, 5.41) is 0. The van der Waals surface area contributed by atoms with Gasteiger partial charge in [-0.05, 0) is 39.7 Å². The largest absolute Gasteiger partial charge is 0.304 e. The molecule has 1 saturated carbocycles. The SMILES string of the molecule is CC(C)N(C)CC1CCCC1. The second-order valence-corrected chi connectivity index (χ2v) is 4.18. The maximum absolute atomic E-state index is 2.47. The van der Waals surface area contributed by atoms with Crippen LogP contribution in [-0.4, -0.2) is 24.5 Å². The van der Waals surface area contributed by atoms with E-state index in [-0.39, 0.29) is 0 Å². The molecule has 1 heteroatoms. The first-order chi connectivity index (χ1) is 5.20. The van der Waals surface area contributed by atoms with E-state index >= 15 is 0 Å². The van der Waals surface area contributed by atoms with Crippen LogP contribution < -0.4 is 0 Å². The van der Waals surface area contributed by atoms with E-state index < -0.39 is 0 Å². The van der Waals surface area contributed by atoms with Crippen LogP contribution in [0.3, 0.4) is 0 Å². The molecule has 66 valence electrons. The monoisotopic (exact) mass is 155 g/mol. The molecule has 0 radical (unpaired) electrons. The average Bonchev–Trinajstić information content (AvgIpc) is 2.39. The van der Waals surface area contributed by atoms with Crippen LogP contribution in [0.15, 0.2) is 0 Å². The van der Waals surface area contributed by atoms with Gasteiger partial charge in [-0.25, -0.2) is 0 Å². The Kier molecular flexibility index (Phi) is 3.38. The zero-order valence-corrected chi connectivity index (χ0v) is 8.14. The summed E-state index contributed by atoms with van der Waals surface area (Å²) in [4.78, 5) is 2.47. The van der Waals surface area contributed by atoms with Crippen LogP contribution in [-0.2, 0) is 0 Å². The van der Waals surface area contributed by atoms with Crippen molar-refractivity contribution in [2.45, 2.75) is 45.6 Å². The van der Waals surface area contributed by atoms with Crippen LogP contribution >= 0.6 is 0 Å². The predicted molar refractivity (Wildman–Crippen MR) is 49.7 cm³/mol. The van der Waals surface area contributed by atoms with Crippen LogP contribution in [0.25, 0.3) is 0 Å². The lowest BCUT2D eigenvalue weighted by molar-refractivity contribution is 0.231. The second kappa shape index (κ2) is 4.10. The average molecular weight is 155 g/mol. The van der Waals surface area contributed by atoms with Gasteiger partial charge in [0.2, 0.25) is 0 Å². The topological polar surface area (TPSA) is 3.24 Å². The van der Waals surface area contributed by atoms with Crippen LogP contribution in [0.1, 0.15) is 39.5 Å². The second-order valence-electron chi connectivity index (χ2n) is 4.18. The maximum atomic E-state index is 2.47. The molecule has 1 aliphatic rings. The Balaban J connectivity index is 2.18. The zero-order chi connectivity index (χ0) is 8.27. The highest BCUT2D eigenvalue weighted by Gasteiger charge is 2.17. The molecule has 0 bridgehead atoms. The number of rotatable bonds is 3. The van der Waals surface area contributed by atoms with E-state index in [1.165, 1.54) is 32.2 Å². The predicted octanol–water partition coefficient (Wildman–Crippen LogP) is 2.52. The van der Waals surface area contributed by atoms with E-state index in [1.807, 2.05) is 0 Å². The van der Waals surface area contributed by atoms with Crippen molar-refractivity contribution < 1.29 is 0 Å². The van der Waals surface area contributed by atoms with Gasteiger partial charge in [0.1, 0.15) is 0 Å². The number of nitrogens with zero attached hydrogens (tertiary/aromatic N) is 1. The van der Waals surface area contributed by atoms with E-state index in [0.29, 0.717) is 0 Å². The van der Waals surface area contributed by atoms with E-state index in [9.17, 15) is 0 Å². The van der Waals surface area contributed by atoms with Crippen LogP contribution in [0, 0.1) is 5.92 Å². The molecule has 0 aromatic rings. The van der Waals surface area contributed by atoms with Crippen LogP contribution in [0.4, 0.5) is 0 Å². The lowest BCUT2D eigenvalue weighted by Crippen LogP contribution is -2.30. The van der Waals surface area contributed by atoms with Crippen molar-refractivity contribution in [2.24, 2.45) is 5.92 Å². The Morgan fingerprint density at radius 1 is 1.27 bits per heavy atom. The zero-order valence-electron chi connectivity index (χ0n) is 8.14. The van der Waals surface area contributed by atoms with Crippen molar-refractivity contribution in [3.05, 3.63) is 0 Å². The van der Waals surface area contributed by atoms with E-state index in [0.717, 1.165) is 12.0 Å². The molecule has 0 amide bonds. The molecule has 0 heterocycles. The van der Waals surface area contributed by atoms with Gasteiger partial charge in [0, 0.05) is 12.6 Å². The Labute approximate surface area is 70.8 Å². The third-order valence-electron chi connectivity index (χ3n) is 2.90. The van der Waals surface area contributed by atoms with Gasteiger partial charge in [-0.1, -0.05) is 12.8 Å². The quantitative estimate of drug-likeness (QED) is 0.605. The Hall–Kier alpha value is -0.0400. The van der Waals surface area contributed by atoms with Gasteiger partial charge in [0.05, 0.1) is 0 Å². The van der Waals surface area contributed by atoms with Gasteiger partial charge >= 0.3 is 0 Å². The van der Waals surface area contributed by atoms with Crippen LogP contribution in [0.5, 0.6) is 0 Å². The third kappa shape index (κ3) is 2.82. The summed E-state index contributed by atoms with van der Waals surface area (Å²) >= 11 is 0. The maximum Gasteiger partial charge on any atom is 0.00356 e. The fourth-order valence-electron chi connectivity index (χ4n) is 1.81. The van der Waals surface area contributed by atoms with Crippen molar-refractivity contribution in [2.75, 3.05) is 13.6 Å². The van der Waals surface area contributed by atoms with Crippen molar-refractivity contribution in [1.29, 1.82) is 0 Å². The summed E-state index contributed by atoms with van der Waals surface area (Å²) in [5.41, 5.74) is 0. The molecule has 0 N–H and O–H groups in total. The standard InChI is InChI=1S/C10H21N/c1-9(2)11(3)8-10-6-4-5-7-10/h9-10H,4-8H2,1-3H3. The number of hydrogen-bond acceptors (Lipinski definition) is 1. The Bertz CT molecular complexity index is 103. The molecule has 1 fully saturated rings. The third-order valence-corrected chi connectivity index (χ3v) is 2.90. The van der Waals surface area contributed by atoms with Crippen molar-refractivity contribution in [3.63, 3.8) is 0 Å². The molecule has 0 aromatic heterocycles. The molecule has 11 heavy (non-hydrogen) atoms. The Morgan fingerprint density at radius 3 is 2.27 bits per heavy atom. The molecule has 0 unspecified atom stereocenters. The molecule has 0 spiro atoms. The highest BCUT2D eigenvalue weighted by Crippen LogP contribution is 2.25. The Morgan fingerprint density at radius 2 is 1.82 bits per heavy atom. The normalized spacial score (nSPS) is 20.5. The van der Waals surface area contributed by atoms with E-state index in [1.54, 1.807) is 0 Å². The van der Waals surface area contributed by atoms with Crippen molar-refractivity contribution in [3.8, 4) is 0 Å². The summed E-state index contributed by atoms with van der Waals surface area (Å²) < 4.78 is 0. The summed E-state index contributed by atoms with van der Waals surface area (Å²) in [6.45, 7) is 5.86. The van der Waals surface area contributed by atoms with Gasteiger partial charge in [-0.15, -0.1) is 0 Å². The minimum atomic E-state index is 0.718. The summed E-state index contributed by atoms with van der Waals surface area (Å²) in [6, 6.07) is 0.718. The summed E-state index contributed by atoms with van der Waals surface area (Å²) in [6.07, 6.45) is 5.88. The molecule has 0 saturated heterocycles. The van der Waals surface area contributed by atoms with Crippen molar-refractivity contribution in [1.82, 2.24) is 4.90 Å². The molecular weight excluding hydrogens is 134 g/mol. The first-order valence-corrected chi connectivity index (χ1v) is 4.90. The van der Waals surface area contributed by atoms with Gasteiger partial charge in [-0.2, -0.15) is 0 Å². The van der Waals surface area contributed by atoms with Crippen LogP contribution in [0.2, 0.25) is 0 Å². The van der Waals surface area contributed by atoms with Gasteiger partial charge in [-0.3, -0.25) is 0 Å². The molecule has 1 aliphatic carbocycles. The molecule has 0 aliphatic heterocycles. The minimum Gasteiger partial charge on any atom is -0.304 e. The van der Waals surface area contributed by atoms with Gasteiger partial charge < -0.3 is 4.90 Å². The first-order valence-electron chi connectivity index (χ1n) is 4.90. The molecule has 0 atom stereocenters. The highest BCUT2D eigenvalue weighted by atomic mass is 15.1. The van der Waals surface area contributed by atoms with E-state index in [4.69, 9.17) is 0 Å². The molecule has 0 aromatic carbocycles. The molecular formula is C10H21N. The first kappa shape index (κ1) is 9.05. The lowest BCUT2D eigenvalue weighted by atomic mass is 10.1. The van der Waals surface area contributed by atoms with E-state index in [2.05, 4.69) is 25.8 Å². The van der Waals surface area contributed by atoms with Crippen molar-refractivity contribution >= 4 is 0 Å². The smallest absolute Gasteiger partial charge is 0.00356 e. The summed E-state index contributed by atoms with van der Waals surface area (Å²) in [7, 11) is 2.24. The number of hydrogen-bond donors (Lipinski definition) is 0.